The molecule has 5 rings (SSSR count). The first-order valence-electron chi connectivity index (χ1n) is 20.8. The summed E-state index contributed by atoms with van der Waals surface area (Å²) in [6.07, 6.45) is 15.1. The van der Waals surface area contributed by atoms with Gasteiger partial charge in [-0.1, -0.05) is 85.8 Å². The molecule has 296 valence electrons. The summed E-state index contributed by atoms with van der Waals surface area (Å²) >= 11 is 0. The minimum absolute atomic E-state index is 0.00936. The van der Waals surface area contributed by atoms with E-state index in [1.165, 1.54) is 18.9 Å². The number of anilines is 1. The first-order valence-corrected chi connectivity index (χ1v) is 20.8. The van der Waals surface area contributed by atoms with Crippen LogP contribution < -0.4 is 9.64 Å². The molecule has 3 aromatic rings. The van der Waals surface area contributed by atoms with E-state index in [2.05, 4.69) is 31.7 Å². The fourth-order valence-corrected chi connectivity index (χ4v) is 7.98. The van der Waals surface area contributed by atoms with Gasteiger partial charge in [-0.05, 0) is 112 Å². The van der Waals surface area contributed by atoms with Crippen molar-refractivity contribution in [3.63, 3.8) is 0 Å². The number of unbranched alkanes of at least 4 members (excludes halogenated alkanes) is 3. The lowest BCUT2D eigenvalue weighted by Crippen LogP contribution is -2.40. The number of ether oxygens (including phenoxy) is 1. The highest BCUT2D eigenvalue weighted by atomic mass is 19.1. The number of rotatable bonds is 14. The van der Waals surface area contributed by atoms with Crippen LogP contribution >= 0.6 is 0 Å². The van der Waals surface area contributed by atoms with E-state index in [1.807, 2.05) is 54.5 Å². The highest BCUT2D eigenvalue weighted by molar-refractivity contribution is 6.50. The van der Waals surface area contributed by atoms with E-state index < -0.39 is 5.60 Å². The van der Waals surface area contributed by atoms with E-state index in [0.717, 1.165) is 96.9 Å². The van der Waals surface area contributed by atoms with Crippen LogP contribution in [0.3, 0.4) is 0 Å². The maximum Gasteiger partial charge on any atom is 0.318 e. The van der Waals surface area contributed by atoms with Crippen molar-refractivity contribution in [1.29, 1.82) is 0 Å². The second-order valence-corrected chi connectivity index (χ2v) is 15.9. The van der Waals surface area contributed by atoms with Gasteiger partial charge in [-0.15, -0.1) is 0 Å². The van der Waals surface area contributed by atoms with Crippen LogP contribution in [-0.4, -0.2) is 57.2 Å². The average Bonchev–Trinajstić information content (AvgIpc) is 3.33. The van der Waals surface area contributed by atoms with Gasteiger partial charge in [-0.3, -0.25) is 4.99 Å². The molecular weight excluding hydrogens is 676 g/mol. The molecule has 7 nitrogen and oxygen atoms in total. The lowest BCUT2D eigenvalue weighted by molar-refractivity contribution is 0.0611. The van der Waals surface area contributed by atoms with Crippen molar-refractivity contribution < 1.29 is 19.3 Å². The fraction of sp³-hybridized carbons (Fsp3) is 0.587. The van der Waals surface area contributed by atoms with E-state index in [1.54, 1.807) is 18.2 Å². The Morgan fingerprint density at radius 2 is 1.78 bits per heavy atom. The van der Waals surface area contributed by atoms with Crippen LogP contribution in [0.4, 0.5) is 10.2 Å². The van der Waals surface area contributed by atoms with Gasteiger partial charge in [0.25, 0.3) is 0 Å². The number of phenolic OH excluding ortho intramolecular Hbond substituents is 1. The van der Waals surface area contributed by atoms with Crippen LogP contribution in [-0.2, 0) is 6.42 Å². The summed E-state index contributed by atoms with van der Waals surface area (Å²) in [5.41, 5.74) is 4.32. The molecule has 8 heteroatoms. The first kappa shape index (κ1) is 43.0. The summed E-state index contributed by atoms with van der Waals surface area (Å²) in [7, 11) is 0. The molecular formula is C46H67FN4O3. The van der Waals surface area contributed by atoms with Gasteiger partial charge >= 0.3 is 6.01 Å². The maximum atomic E-state index is 15.4. The average molecular weight is 743 g/mol. The van der Waals surface area contributed by atoms with E-state index in [0.29, 0.717) is 42.4 Å². The number of aromatic hydroxyl groups is 1. The Bertz CT molecular complexity index is 1830. The summed E-state index contributed by atoms with van der Waals surface area (Å²) in [4.78, 5) is 17.7. The second-order valence-electron chi connectivity index (χ2n) is 15.9. The van der Waals surface area contributed by atoms with Crippen molar-refractivity contribution in [2.75, 3.05) is 24.6 Å². The largest absolute Gasteiger partial charge is 0.508 e. The highest BCUT2D eigenvalue weighted by Gasteiger charge is 2.35. The van der Waals surface area contributed by atoms with Crippen LogP contribution in [0, 0.1) is 11.2 Å². The van der Waals surface area contributed by atoms with Crippen molar-refractivity contribution in [2.45, 2.75) is 152 Å². The Morgan fingerprint density at radius 1 is 1.06 bits per heavy atom. The molecule has 0 amide bonds. The van der Waals surface area contributed by atoms with Gasteiger partial charge < -0.3 is 19.8 Å². The summed E-state index contributed by atoms with van der Waals surface area (Å²) in [5.74, 6) is 0.553. The van der Waals surface area contributed by atoms with Gasteiger partial charge in [0, 0.05) is 35.7 Å². The number of hydrogen-bond acceptors (Lipinski definition) is 7. The lowest BCUT2D eigenvalue weighted by Gasteiger charge is -2.34. The minimum Gasteiger partial charge on any atom is -0.508 e. The Labute approximate surface area is 324 Å². The predicted molar refractivity (Wildman–Crippen MR) is 226 cm³/mol. The summed E-state index contributed by atoms with van der Waals surface area (Å²) in [5, 5.41) is 24.0. The third kappa shape index (κ3) is 10.1. The molecule has 0 bridgehead atoms. The number of aliphatic hydroxyl groups is 1. The van der Waals surface area contributed by atoms with Gasteiger partial charge in [0.15, 0.2) is 0 Å². The lowest BCUT2D eigenvalue weighted by atomic mass is 9.81. The monoisotopic (exact) mass is 743 g/mol. The number of benzene rings is 2. The number of β-amino-alcohol motifs (C(OH)–C–C–N with tert-alkyl or cyclic N) is 1. The van der Waals surface area contributed by atoms with E-state index in [9.17, 15) is 10.2 Å². The molecule has 1 aliphatic heterocycles. The molecule has 54 heavy (non-hydrogen) atoms. The normalized spacial score (nSPS) is 20.0. The van der Waals surface area contributed by atoms with Crippen molar-refractivity contribution in [1.82, 2.24) is 9.97 Å². The molecule has 2 unspecified atom stereocenters. The number of aromatic nitrogens is 2. The van der Waals surface area contributed by atoms with Gasteiger partial charge in [-0.2, -0.15) is 9.97 Å². The third-order valence-electron chi connectivity index (χ3n) is 10.7. The van der Waals surface area contributed by atoms with Gasteiger partial charge in [0.1, 0.15) is 17.4 Å². The molecule has 0 spiro atoms. The fourth-order valence-electron chi connectivity index (χ4n) is 7.98. The molecule has 1 aromatic heterocycles. The first-order chi connectivity index (χ1) is 25.8. The maximum absolute atomic E-state index is 15.4. The van der Waals surface area contributed by atoms with Crippen molar-refractivity contribution in [3.05, 3.63) is 58.5 Å². The molecule has 1 saturated heterocycles. The van der Waals surface area contributed by atoms with Crippen LogP contribution in [0.5, 0.6) is 11.8 Å². The summed E-state index contributed by atoms with van der Waals surface area (Å²) in [6, 6.07) is 6.88. The number of hydrogen-bond donors (Lipinski definition) is 2. The van der Waals surface area contributed by atoms with Crippen molar-refractivity contribution in [2.24, 2.45) is 10.4 Å². The number of aliphatic imine (C=N–C) groups is 1. The standard InChI is InChI=1S/C44H61FN4O3.C2H6/c1-9-13-15-21-43(7,20-14-10-2)28-52-42-47-37-26-35(34-25-31(50)24-30-18-19-36(45)32(11-3)38(30)34)40(46-29(5)6)33(12-4)39(37)41(48-42)49-23-17-16-22-44(8,51)27-49;1-2/h12,18-19,24-26,29,50-51H,9-11,13-17,20-23,27-28H2,1-8H3;1-2H3/b33-12-,46-40?;. The molecule has 2 aromatic carbocycles. The summed E-state index contributed by atoms with van der Waals surface area (Å²) < 4.78 is 22.1. The number of fused-ring (bicyclic) bond motifs is 2. The van der Waals surface area contributed by atoms with Gasteiger partial charge in [0.05, 0.1) is 29.2 Å². The Morgan fingerprint density at radius 3 is 2.44 bits per heavy atom. The molecule has 2 N–H and O–H groups in total. The Balaban J connectivity index is 0.00000319. The number of halogens is 1. The van der Waals surface area contributed by atoms with Crippen molar-refractivity contribution in [3.8, 4) is 11.8 Å². The molecule has 2 atom stereocenters. The Hall–Kier alpha value is -3.78. The molecule has 2 heterocycles. The number of allylic oxidation sites excluding steroid dienone is 3. The minimum atomic E-state index is -0.880. The molecule has 0 radical (unpaired) electrons. The van der Waals surface area contributed by atoms with E-state index >= 15 is 4.39 Å². The zero-order valence-corrected chi connectivity index (χ0v) is 34.9. The predicted octanol–water partition coefficient (Wildman–Crippen LogP) is 11.8. The molecule has 0 saturated carbocycles. The second kappa shape index (κ2) is 19.2. The van der Waals surface area contributed by atoms with Crippen LogP contribution in [0.1, 0.15) is 156 Å². The number of nitrogens with zero attached hydrogens (tertiary/aromatic N) is 4. The smallest absolute Gasteiger partial charge is 0.318 e. The van der Waals surface area contributed by atoms with Crippen LogP contribution in [0.2, 0.25) is 0 Å². The topological polar surface area (TPSA) is 91.1 Å². The third-order valence-corrected chi connectivity index (χ3v) is 10.7. The number of phenols is 1. The zero-order valence-electron chi connectivity index (χ0n) is 34.9. The van der Waals surface area contributed by atoms with Crippen LogP contribution in [0.15, 0.2) is 35.3 Å². The van der Waals surface area contributed by atoms with Gasteiger partial charge in [0.2, 0.25) is 0 Å². The van der Waals surface area contributed by atoms with E-state index in [-0.39, 0.29) is 23.0 Å². The van der Waals surface area contributed by atoms with E-state index in [4.69, 9.17) is 19.7 Å². The zero-order chi connectivity index (χ0) is 39.6. The molecule has 1 aliphatic carbocycles. The van der Waals surface area contributed by atoms with Crippen LogP contribution in [0.25, 0.3) is 28.0 Å². The molecule has 2 aliphatic rings. The quantitative estimate of drug-likeness (QED) is 0.160. The highest BCUT2D eigenvalue weighted by Crippen LogP contribution is 2.45. The SMILES string of the molecule is C/C=C1\C(=NC(C)C)C(c2cc(O)cc3ccc(F)c(CC)c23)=Cc2nc(OCC(C)(CCCC)CCCCC)nc(N3CCCCC(C)(O)C3)c21.CC. The Kier molecular flexibility index (Phi) is 15.3. The van der Waals surface area contributed by atoms with Gasteiger partial charge in [-0.25, -0.2) is 4.39 Å². The van der Waals surface area contributed by atoms with Crippen molar-refractivity contribution >= 4 is 39.5 Å². The molecule has 1 fully saturated rings. The number of aryl methyl sites for hydroxylation is 1. The summed E-state index contributed by atoms with van der Waals surface area (Å²) in [6.45, 7) is 22.4.